The molecule has 1 aliphatic heterocycles. The number of amides is 1. The zero-order valence-corrected chi connectivity index (χ0v) is 21.3. The second kappa shape index (κ2) is 10.7. The second-order valence-electron chi connectivity index (χ2n) is 8.24. The minimum absolute atomic E-state index is 0.0572. The summed E-state index contributed by atoms with van der Waals surface area (Å²) in [6.07, 6.45) is 0. The van der Waals surface area contributed by atoms with E-state index in [0.29, 0.717) is 17.1 Å². The van der Waals surface area contributed by atoms with Crippen LogP contribution in [0.2, 0.25) is 5.02 Å². The molecule has 8 heteroatoms. The molecule has 4 aromatic rings. The second-order valence-corrected chi connectivity index (χ2v) is 8.67. The number of likely N-dealkylation sites (N-methyl/N-ethyl adjacent to an activating group) is 1. The molecule has 1 saturated heterocycles. The predicted molar refractivity (Wildman–Crippen MR) is 142 cm³/mol. The first kappa shape index (κ1) is 23.8. The van der Waals surface area contributed by atoms with E-state index in [2.05, 4.69) is 48.1 Å². The van der Waals surface area contributed by atoms with Crippen LogP contribution in [0.4, 0.5) is 0 Å². The van der Waals surface area contributed by atoms with Crippen LogP contribution in [-0.2, 0) is 0 Å². The first-order valence-corrected chi connectivity index (χ1v) is 13.0. The number of carbonyl (C=O) groups is 1. The lowest BCUT2D eigenvalue weighted by atomic mass is 10.1. The number of halogens is 2. The Morgan fingerprint density at radius 3 is 2.58 bits per heavy atom. The van der Waals surface area contributed by atoms with Crippen LogP contribution in [0.25, 0.3) is 33.2 Å². The molecule has 174 valence electrons. The molecule has 3 heterocycles. The lowest BCUT2D eigenvalue weighted by molar-refractivity contribution is 0.0943. The summed E-state index contributed by atoms with van der Waals surface area (Å²) in [5, 5.41) is 5.77. The number of carbonyl (C=O) groups excluding carboxylic acids is 1. The lowest BCUT2D eigenvalue weighted by Gasteiger charge is -2.32. The number of nitrogens with one attached hydrogen (secondary N) is 3. The molecule has 5 rings (SSSR count). The molecule has 3 N–H and O–H groups in total. The molecule has 0 saturated carbocycles. The van der Waals surface area contributed by atoms with Crippen molar-refractivity contribution in [1.82, 2.24) is 25.1 Å². The normalized spacial score (nSPS) is 14.9. The number of nitrogens with zero attached hydrogens (tertiary/aromatic N) is 2. The van der Waals surface area contributed by atoms with Crippen molar-refractivity contribution in [2.45, 2.75) is 0 Å². The highest BCUT2D eigenvalue weighted by Crippen LogP contribution is 2.32. The maximum atomic E-state index is 13.3. The number of hydrogen-bond donors (Lipinski definition) is 3. The van der Waals surface area contributed by atoms with Gasteiger partial charge in [0.25, 0.3) is 5.91 Å². The Bertz CT molecular complexity index is 1240. The zero-order chi connectivity index (χ0) is 23.4. The van der Waals surface area contributed by atoms with Crippen LogP contribution in [-0.4, -0.2) is 77.8 Å². The van der Waals surface area contributed by atoms with Crippen LogP contribution in [0.3, 0.4) is 0 Å². The first-order valence-electron chi connectivity index (χ1n) is 11.0. The van der Waals surface area contributed by atoms with E-state index >= 15 is 0 Å². The minimum atomic E-state index is -0.0572. The maximum absolute atomic E-state index is 13.3. The van der Waals surface area contributed by atoms with Crippen molar-refractivity contribution in [3.05, 3.63) is 59.1 Å². The summed E-state index contributed by atoms with van der Waals surface area (Å²) in [6.45, 7) is 5.73. The highest BCUT2D eigenvalue weighted by molar-refractivity contribution is 9.08. The Labute approximate surface area is 207 Å². The highest BCUT2D eigenvalue weighted by Gasteiger charge is 2.21. The summed E-state index contributed by atoms with van der Waals surface area (Å²) in [5.74, 6) is 1.76. The van der Waals surface area contributed by atoms with E-state index in [1.807, 2.05) is 54.4 Å². The standard InChI is InChI=1S/C24H26ClN5O.CH3Br/c1-29-10-12-30(13-11-29)9-8-26-24(31)22-18-4-2-3-5-20(18)28-23(22)21-15-16-14-17(25)6-7-19(16)27-21;1-2/h2-7,14-15,27-28H,8-13H2,1H3,(H,26,31);1H3. The summed E-state index contributed by atoms with van der Waals surface area (Å²) in [7, 11) is 2.15. The molecule has 2 aromatic carbocycles. The SMILES string of the molecule is CBr.CN1CCN(CCNC(=O)c2c(-c3cc4cc(Cl)ccc4[nH]3)[nH]c3ccccc23)CC1. The van der Waals surface area contributed by atoms with Gasteiger partial charge in [0.15, 0.2) is 0 Å². The Balaban J connectivity index is 0.00000126. The van der Waals surface area contributed by atoms with E-state index in [-0.39, 0.29) is 5.91 Å². The number of fused-ring (bicyclic) bond motifs is 2. The number of para-hydroxylation sites is 1. The van der Waals surface area contributed by atoms with Crippen molar-refractivity contribution in [3.8, 4) is 11.4 Å². The Morgan fingerprint density at radius 1 is 1.03 bits per heavy atom. The van der Waals surface area contributed by atoms with Crippen molar-refractivity contribution < 1.29 is 4.79 Å². The average molecular weight is 531 g/mol. The molecule has 1 amide bonds. The van der Waals surface area contributed by atoms with Crippen molar-refractivity contribution >= 4 is 55.2 Å². The minimum Gasteiger partial charge on any atom is -0.353 e. The number of alkyl halides is 1. The number of benzene rings is 2. The number of hydrogen-bond acceptors (Lipinski definition) is 3. The molecule has 2 aromatic heterocycles. The fourth-order valence-electron chi connectivity index (χ4n) is 4.31. The smallest absolute Gasteiger partial charge is 0.254 e. The molecule has 0 bridgehead atoms. The van der Waals surface area contributed by atoms with E-state index in [1.165, 1.54) is 0 Å². The van der Waals surface area contributed by atoms with Crippen molar-refractivity contribution in [2.75, 3.05) is 52.1 Å². The number of H-pyrrole nitrogens is 2. The van der Waals surface area contributed by atoms with E-state index in [4.69, 9.17) is 11.6 Å². The van der Waals surface area contributed by atoms with Gasteiger partial charge >= 0.3 is 0 Å². The summed E-state index contributed by atoms with van der Waals surface area (Å²) in [5.41, 5.74) is 4.27. The van der Waals surface area contributed by atoms with Crippen LogP contribution >= 0.6 is 27.5 Å². The summed E-state index contributed by atoms with van der Waals surface area (Å²) in [4.78, 5) is 24.9. The molecule has 1 fully saturated rings. The number of aromatic nitrogens is 2. The average Bonchev–Trinajstić information content (AvgIpc) is 3.42. The van der Waals surface area contributed by atoms with Crippen molar-refractivity contribution in [3.63, 3.8) is 0 Å². The third-order valence-corrected chi connectivity index (χ3v) is 6.33. The third kappa shape index (κ3) is 5.27. The largest absolute Gasteiger partial charge is 0.353 e. The maximum Gasteiger partial charge on any atom is 0.254 e. The molecule has 0 atom stereocenters. The molecular formula is C25H29BrClN5O. The van der Waals surface area contributed by atoms with Gasteiger partial charge in [0, 0.05) is 66.1 Å². The first-order chi connectivity index (χ1) is 16.1. The van der Waals surface area contributed by atoms with E-state index < -0.39 is 0 Å². The number of aromatic amines is 2. The van der Waals surface area contributed by atoms with E-state index in [0.717, 1.165) is 65.9 Å². The highest BCUT2D eigenvalue weighted by atomic mass is 79.9. The quantitative estimate of drug-likeness (QED) is 0.320. The Morgan fingerprint density at radius 2 is 1.79 bits per heavy atom. The topological polar surface area (TPSA) is 67.2 Å². The van der Waals surface area contributed by atoms with Gasteiger partial charge in [0.1, 0.15) is 0 Å². The van der Waals surface area contributed by atoms with Crippen molar-refractivity contribution in [2.24, 2.45) is 0 Å². The fraction of sp³-hybridized carbons (Fsp3) is 0.320. The van der Waals surface area contributed by atoms with Gasteiger partial charge in [-0.25, -0.2) is 0 Å². The number of piperazine rings is 1. The van der Waals surface area contributed by atoms with Gasteiger partial charge < -0.3 is 20.2 Å². The van der Waals surface area contributed by atoms with Crippen LogP contribution in [0.1, 0.15) is 10.4 Å². The Hall–Kier alpha value is -2.32. The summed E-state index contributed by atoms with van der Waals surface area (Å²) >= 11 is 9.09. The van der Waals surface area contributed by atoms with Crippen LogP contribution < -0.4 is 5.32 Å². The molecule has 0 unspecified atom stereocenters. The molecule has 0 radical (unpaired) electrons. The monoisotopic (exact) mass is 529 g/mol. The number of rotatable bonds is 5. The lowest BCUT2D eigenvalue weighted by Crippen LogP contribution is -2.46. The van der Waals surface area contributed by atoms with Gasteiger partial charge in [-0.15, -0.1) is 0 Å². The molecule has 1 aliphatic rings. The van der Waals surface area contributed by atoms with Gasteiger partial charge in [-0.2, -0.15) is 0 Å². The fourth-order valence-corrected chi connectivity index (χ4v) is 4.49. The summed E-state index contributed by atoms with van der Waals surface area (Å²) < 4.78 is 0. The van der Waals surface area contributed by atoms with Gasteiger partial charge in [0.05, 0.1) is 17.0 Å². The van der Waals surface area contributed by atoms with E-state index in [1.54, 1.807) is 0 Å². The van der Waals surface area contributed by atoms with Gasteiger partial charge in [-0.3, -0.25) is 9.69 Å². The van der Waals surface area contributed by atoms with E-state index in [9.17, 15) is 4.79 Å². The molecule has 6 nitrogen and oxygen atoms in total. The van der Waals surface area contributed by atoms with Gasteiger partial charge in [-0.1, -0.05) is 45.7 Å². The summed E-state index contributed by atoms with van der Waals surface area (Å²) in [6, 6.07) is 15.7. The predicted octanol–water partition coefficient (Wildman–Crippen LogP) is 4.96. The molecule has 0 spiro atoms. The molecule has 33 heavy (non-hydrogen) atoms. The van der Waals surface area contributed by atoms with Gasteiger partial charge in [-0.05, 0) is 43.2 Å². The molecular weight excluding hydrogens is 502 g/mol. The van der Waals surface area contributed by atoms with Crippen molar-refractivity contribution in [1.29, 1.82) is 0 Å². The third-order valence-electron chi connectivity index (χ3n) is 6.09. The molecule has 0 aliphatic carbocycles. The van der Waals surface area contributed by atoms with Gasteiger partial charge in [0.2, 0.25) is 0 Å². The zero-order valence-electron chi connectivity index (χ0n) is 18.9. The Kier molecular flexibility index (Phi) is 7.75. The van der Waals surface area contributed by atoms with Crippen LogP contribution in [0.15, 0.2) is 48.5 Å². The van der Waals surface area contributed by atoms with Crippen LogP contribution in [0, 0.1) is 0 Å². The van der Waals surface area contributed by atoms with Crippen LogP contribution in [0.5, 0.6) is 0 Å².